The van der Waals surface area contributed by atoms with Crippen molar-refractivity contribution in [3.05, 3.63) is 96.1 Å². The van der Waals surface area contributed by atoms with Crippen LogP contribution in [0, 0.1) is 0 Å². The number of nitrogens with zero attached hydrogens (tertiary/aromatic N) is 2. The van der Waals surface area contributed by atoms with E-state index < -0.39 is 0 Å². The quantitative estimate of drug-likeness (QED) is 0.656. The second-order valence-electron chi connectivity index (χ2n) is 7.84. The maximum atomic E-state index is 13.7. The molecule has 5 rings (SSSR count). The van der Waals surface area contributed by atoms with Crippen molar-refractivity contribution in [1.29, 1.82) is 0 Å². The minimum atomic E-state index is -0.389. The van der Waals surface area contributed by atoms with Gasteiger partial charge in [-0.2, -0.15) is 0 Å². The van der Waals surface area contributed by atoms with Gasteiger partial charge in [-0.05, 0) is 55.3 Å². The largest absolute Gasteiger partial charge is 0.299 e. The average Bonchev–Trinajstić information content (AvgIpc) is 2.99. The summed E-state index contributed by atoms with van der Waals surface area (Å²) in [6, 6.07) is 29.0. The number of piperidine rings is 1. The number of fused-ring (bicyclic) bond motifs is 2. The molecule has 1 saturated heterocycles. The molecule has 3 aromatic rings. The number of rotatable bonds is 3. The summed E-state index contributed by atoms with van der Waals surface area (Å²) in [4.78, 5) is 18.1. The average molecular weight is 368 g/mol. The van der Waals surface area contributed by atoms with Gasteiger partial charge >= 0.3 is 0 Å². The van der Waals surface area contributed by atoms with Crippen molar-refractivity contribution in [3.63, 3.8) is 0 Å². The van der Waals surface area contributed by atoms with E-state index in [2.05, 4.69) is 53.4 Å². The summed E-state index contributed by atoms with van der Waals surface area (Å²) in [6.07, 6.45) is 1.75. The van der Waals surface area contributed by atoms with Crippen LogP contribution in [0.1, 0.15) is 24.0 Å². The first-order valence-corrected chi connectivity index (χ1v) is 10.0. The van der Waals surface area contributed by atoms with Gasteiger partial charge in [0.15, 0.2) is 0 Å². The van der Waals surface area contributed by atoms with Crippen molar-refractivity contribution in [2.45, 2.75) is 24.8 Å². The van der Waals surface area contributed by atoms with E-state index in [1.54, 1.807) is 0 Å². The van der Waals surface area contributed by atoms with Crippen molar-refractivity contribution in [3.8, 4) is 0 Å². The van der Waals surface area contributed by atoms with Gasteiger partial charge in [-0.3, -0.25) is 14.6 Å². The SMILES string of the molecule is O=C1N(c2ccccc2)c2ccccc2C12CCN(Cc1ccccc1)CC2. The number of benzene rings is 3. The minimum Gasteiger partial charge on any atom is -0.299 e. The highest BCUT2D eigenvalue weighted by Crippen LogP contribution is 2.50. The molecular weight excluding hydrogens is 344 g/mol. The van der Waals surface area contributed by atoms with Crippen LogP contribution < -0.4 is 4.90 Å². The molecule has 3 heteroatoms. The Labute approximate surface area is 166 Å². The molecule has 2 heterocycles. The lowest BCUT2D eigenvalue weighted by atomic mass is 9.73. The molecule has 3 nitrogen and oxygen atoms in total. The van der Waals surface area contributed by atoms with E-state index in [4.69, 9.17) is 0 Å². The van der Waals surface area contributed by atoms with Crippen molar-refractivity contribution in [1.82, 2.24) is 4.90 Å². The zero-order valence-corrected chi connectivity index (χ0v) is 15.9. The Kier molecular flexibility index (Phi) is 4.25. The van der Waals surface area contributed by atoms with Gasteiger partial charge in [0, 0.05) is 12.2 Å². The monoisotopic (exact) mass is 368 g/mol. The van der Waals surface area contributed by atoms with E-state index in [-0.39, 0.29) is 11.3 Å². The smallest absolute Gasteiger partial charge is 0.242 e. The number of anilines is 2. The zero-order valence-electron chi connectivity index (χ0n) is 15.9. The molecule has 0 aromatic heterocycles. The van der Waals surface area contributed by atoms with Crippen LogP contribution in [0.3, 0.4) is 0 Å². The van der Waals surface area contributed by atoms with E-state index >= 15 is 0 Å². The second-order valence-corrected chi connectivity index (χ2v) is 7.84. The number of para-hydroxylation sites is 2. The maximum Gasteiger partial charge on any atom is 0.242 e. The van der Waals surface area contributed by atoms with Crippen LogP contribution in [0.15, 0.2) is 84.9 Å². The normalized spacial score (nSPS) is 18.4. The van der Waals surface area contributed by atoms with Crippen molar-refractivity contribution < 1.29 is 4.79 Å². The van der Waals surface area contributed by atoms with Crippen molar-refractivity contribution >= 4 is 17.3 Å². The van der Waals surface area contributed by atoms with Gasteiger partial charge in [-0.15, -0.1) is 0 Å². The first-order chi connectivity index (χ1) is 13.8. The Hall–Kier alpha value is -2.91. The summed E-state index contributed by atoms with van der Waals surface area (Å²) in [7, 11) is 0. The van der Waals surface area contributed by atoms with E-state index in [9.17, 15) is 4.79 Å². The summed E-state index contributed by atoms with van der Waals surface area (Å²) in [5.74, 6) is 0.235. The van der Waals surface area contributed by atoms with Crippen LogP contribution in [0.4, 0.5) is 11.4 Å². The van der Waals surface area contributed by atoms with Gasteiger partial charge < -0.3 is 0 Å². The standard InChI is InChI=1S/C25H24N2O/c28-24-25(15-17-26(18-16-25)19-20-9-3-1-4-10-20)22-13-7-8-14-23(22)27(24)21-11-5-2-6-12-21/h1-14H,15-19H2. The molecule has 0 unspecified atom stereocenters. The molecule has 1 spiro atoms. The molecule has 28 heavy (non-hydrogen) atoms. The second kappa shape index (κ2) is 6.92. The Bertz CT molecular complexity index is 976. The lowest BCUT2D eigenvalue weighted by Gasteiger charge is -2.38. The lowest BCUT2D eigenvalue weighted by molar-refractivity contribution is -0.124. The summed E-state index contributed by atoms with van der Waals surface area (Å²) in [6.45, 7) is 2.84. The molecular formula is C25H24N2O. The molecule has 3 aromatic carbocycles. The highest BCUT2D eigenvalue weighted by Gasteiger charge is 2.52. The molecule has 0 aliphatic carbocycles. The minimum absolute atomic E-state index is 0.235. The third kappa shape index (κ3) is 2.74. The van der Waals surface area contributed by atoms with Crippen LogP contribution in [-0.4, -0.2) is 23.9 Å². The molecule has 0 atom stereocenters. The van der Waals surface area contributed by atoms with Crippen LogP contribution in [0.5, 0.6) is 0 Å². The third-order valence-corrected chi connectivity index (χ3v) is 6.25. The number of carbonyl (C=O) groups is 1. The third-order valence-electron chi connectivity index (χ3n) is 6.25. The number of likely N-dealkylation sites (tertiary alicyclic amines) is 1. The van der Waals surface area contributed by atoms with E-state index in [0.717, 1.165) is 43.9 Å². The summed E-state index contributed by atoms with van der Waals surface area (Å²) in [5, 5.41) is 0. The highest BCUT2D eigenvalue weighted by molar-refractivity contribution is 6.13. The first kappa shape index (κ1) is 17.2. The van der Waals surface area contributed by atoms with Crippen molar-refractivity contribution in [2.75, 3.05) is 18.0 Å². The van der Waals surface area contributed by atoms with Gasteiger partial charge in [-0.1, -0.05) is 66.7 Å². The molecule has 0 N–H and O–H groups in total. The molecule has 1 fully saturated rings. The zero-order chi connectivity index (χ0) is 19.0. The van der Waals surface area contributed by atoms with Gasteiger partial charge in [-0.25, -0.2) is 0 Å². The fourth-order valence-electron chi connectivity index (χ4n) is 4.76. The van der Waals surface area contributed by atoms with E-state index in [1.165, 1.54) is 11.1 Å². The number of hydrogen-bond acceptors (Lipinski definition) is 2. The van der Waals surface area contributed by atoms with Gasteiger partial charge in [0.25, 0.3) is 0 Å². The van der Waals surface area contributed by atoms with Crippen LogP contribution in [-0.2, 0) is 16.8 Å². The number of carbonyl (C=O) groups excluding carboxylic acids is 1. The Morgan fingerprint density at radius 2 is 1.36 bits per heavy atom. The Morgan fingerprint density at radius 1 is 0.750 bits per heavy atom. The molecule has 2 aliphatic rings. The summed E-state index contributed by atoms with van der Waals surface area (Å²) < 4.78 is 0. The summed E-state index contributed by atoms with van der Waals surface area (Å²) in [5.41, 5.74) is 4.16. The van der Waals surface area contributed by atoms with E-state index in [0.29, 0.717) is 0 Å². The number of hydrogen-bond donors (Lipinski definition) is 0. The number of amides is 1. The van der Waals surface area contributed by atoms with Crippen molar-refractivity contribution in [2.24, 2.45) is 0 Å². The molecule has 1 amide bonds. The summed E-state index contributed by atoms with van der Waals surface area (Å²) >= 11 is 0. The molecule has 2 aliphatic heterocycles. The fourth-order valence-corrected chi connectivity index (χ4v) is 4.76. The predicted molar refractivity (Wildman–Crippen MR) is 113 cm³/mol. The predicted octanol–water partition coefficient (Wildman–Crippen LogP) is 4.90. The highest BCUT2D eigenvalue weighted by atomic mass is 16.2. The first-order valence-electron chi connectivity index (χ1n) is 10.0. The van der Waals surface area contributed by atoms with Crippen LogP contribution in [0.25, 0.3) is 0 Å². The molecule has 0 radical (unpaired) electrons. The van der Waals surface area contributed by atoms with Gasteiger partial charge in [0.1, 0.15) is 0 Å². The van der Waals surface area contributed by atoms with Gasteiger partial charge in [0.05, 0.1) is 11.1 Å². The molecule has 0 saturated carbocycles. The van der Waals surface area contributed by atoms with Gasteiger partial charge in [0.2, 0.25) is 5.91 Å². The maximum absolute atomic E-state index is 13.7. The fraction of sp³-hybridized carbons (Fsp3) is 0.240. The lowest BCUT2D eigenvalue weighted by Crippen LogP contribution is -2.47. The molecule has 140 valence electrons. The van der Waals surface area contributed by atoms with Crippen LogP contribution >= 0.6 is 0 Å². The van der Waals surface area contributed by atoms with Crippen LogP contribution in [0.2, 0.25) is 0 Å². The topological polar surface area (TPSA) is 23.6 Å². The Balaban J connectivity index is 1.43. The molecule has 0 bridgehead atoms. The Morgan fingerprint density at radius 3 is 2.07 bits per heavy atom. The van der Waals surface area contributed by atoms with E-state index in [1.807, 2.05) is 41.3 Å².